The molecule has 17 heteroatoms. The van der Waals surface area contributed by atoms with Gasteiger partial charge >= 0.3 is 29.6 Å². The number of hydrogen-bond donors (Lipinski definition) is 3. The fraction of sp³-hybridized carbons (Fsp3) is 0.579. The van der Waals surface area contributed by atoms with Gasteiger partial charge in [-0.3, -0.25) is 28.8 Å². The van der Waals surface area contributed by atoms with Crippen molar-refractivity contribution in [1.29, 1.82) is 0 Å². The first-order valence-corrected chi connectivity index (χ1v) is 28.2. The van der Waals surface area contributed by atoms with Gasteiger partial charge in [0.1, 0.15) is 5.88 Å². The van der Waals surface area contributed by atoms with Gasteiger partial charge < -0.3 is 36.1 Å². The Balaban J connectivity index is 0.000000194. The van der Waals surface area contributed by atoms with E-state index in [-0.39, 0.29) is 119 Å². The van der Waals surface area contributed by atoms with Crippen molar-refractivity contribution in [2.45, 2.75) is 134 Å². The molecule has 4 fully saturated rings. The zero-order valence-electron chi connectivity index (χ0n) is 43.4. The number of carbonyl (C=O) groups is 6. The third-order valence-corrected chi connectivity index (χ3v) is 16.5. The first kappa shape index (κ1) is 61.3. The summed E-state index contributed by atoms with van der Waals surface area (Å²) in [6.07, 6.45) is 19.7. The van der Waals surface area contributed by atoms with Crippen LogP contribution in [0.3, 0.4) is 0 Å². The predicted molar refractivity (Wildman–Crippen MR) is 287 cm³/mol. The molecule has 3 aromatic carbocycles. The number of rotatable bonds is 9. The van der Waals surface area contributed by atoms with Crippen LogP contribution in [0.1, 0.15) is 148 Å². The van der Waals surface area contributed by atoms with Crippen LogP contribution in [-0.2, 0) is 48.0 Å². The molecular formula is C57H76Cl3N6NaO7. The summed E-state index contributed by atoms with van der Waals surface area (Å²) in [5.74, 6) is 1.06. The van der Waals surface area contributed by atoms with Crippen molar-refractivity contribution in [3.63, 3.8) is 0 Å². The molecule has 0 bridgehead atoms. The van der Waals surface area contributed by atoms with Crippen LogP contribution in [0.25, 0.3) is 0 Å². The molecule has 3 saturated carbocycles. The summed E-state index contributed by atoms with van der Waals surface area (Å²) >= 11 is 15.3. The van der Waals surface area contributed by atoms with E-state index < -0.39 is 5.24 Å². The van der Waals surface area contributed by atoms with Crippen molar-refractivity contribution >= 4 is 69.6 Å². The van der Waals surface area contributed by atoms with E-state index >= 15 is 0 Å². The van der Waals surface area contributed by atoms with Gasteiger partial charge in [-0.2, -0.15) is 0 Å². The zero-order chi connectivity index (χ0) is 50.8. The van der Waals surface area contributed by atoms with Crippen molar-refractivity contribution in [1.82, 2.24) is 30.7 Å². The van der Waals surface area contributed by atoms with Crippen molar-refractivity contribution in [3.8, 4) is 0 Å². The van der Waals surface area contributed by atoms with Crippen LogP contribution in [-0.4, -0.2) is 113 Å². The van der Waals surface area contributed by atoms with Gasteiger partial charge in [0.05, 0.1) is 24.5 Å². The molecule has 3 aliphatic carbocycles. The van der Waals surface area contributed by atoms with Crippen LogP contribution >= 0.6 is 34.8 Å². The molecule has 0 radical (unpaired) electrons. The Morgan fingerprint density at radius 3 is 1.62 bits per heavy atom. The number of nitrogens with zero attached hydrogens (tertiary/aromatic N) is 3. The molecule has 4 aliphatic heterocycles. The molecule has 7 aliphatic rings. The second-order valence-electron chi connectivity index (χ2n) is 20.4. The van der Waals surface area contributed by atoms with E-state index in [9.17, 15) is 28.8 Å². The van der Waals surface area contributed by atoms with E-state index in [1.807, 2.05) is 32.9 Å². The number of amides is 5. The Labute approximate surface area is 475 Å². The second kappa shape index (κ2) is 31.6. The number of nitrogens with one attached hydrogen (secondary N) is 3. The largest absolute Gasteiger partial charge is 1.00 e. The van der Waals surface area contributed by atoms with Crippen LogP contribution in [0, 0.1) is 17.8 Å². The third-order valence-electron chi connectivity index (χ3n) is 15.8. The minimum absolute atomic E-state index is 0. The summed E-state index contributed by atoms with van der Waals surface area (Å²) in [6, 6.07) is 25.3. The van der Waals surface area contributed by atoms with Gasteiger partial charge in [-0.1, -0.05) is 131 Å². The number of piperazine rings is 1. The van der Waals surface area contributed by atoms with Crippen LogP contribution < -0.4 is 45.5 Å². The van der Waals surface area contributed by atoms with Crippen molar-refractivity contribution in [2.75, 3.05) is 57.6 Å². The Morgan fingerprint density at radius 2 is 1.07 bits per heavy atom. The molecule has 0 spiro atoms. The first-order chi connectivity index (χ1) is 35.1. The molecule has 0 unspecified atom stereocenters. The van der Waals surface area contributed by atoms with Gasteiger partial charge in [0.2, 0.25) is 34.8 Å². The number of carbonyl (C=O) groups excluding carboxylic acids is 6. The topological polar surface area (TPSA) is 178 Å². The van der Waals surface area contributed by atoms with E-state index in [2.05, 4.69) is 70.5 Å². The van der Waals surface area contributed by atoms with Gasteiger partial charge in [-0.15, -0.1) is 23.2 Å². The number of hydrogen-bond acceptors (Lipinski definition) is 8. The SMILES string of the molecule is O=C(C1CCCCC1)N1CC(=O)N2CCc3ccccc3[C@@H]2C1.O=C(Cl)CCl.O=C(NC[C@@H]1NCCc2ccccc21)C1CCCCC1.O=C(NC[C@H]1c2ccccc2CCN1C(=O)CCl)C1CCCCC1.[Na+].[OH-]. The molecular weight excluding hydrogens is 1010 g/mol. The van der Waals surface area contributed by atoms with Crippen LogP contribution in [0.4, 0.5) is 0 Å². The molecule has 398 valence electrons. The van der Waals surface area contributed by atoms with Crippen LogP contribution in [0.5, 0.6) is 0 Å². The van der Waals surface area contributed by atoms with E-state index in [4.69, 9.17) is 34.8 Å². The monoisotopic (exact) mass is 1080 g/mol. The molecule has 74 heavy (non-hydrogen) atoms. The van der Waals surface area contributed by atoms with Gasteiger partial charge in [-0.25, -0.2) is 0 Å². The standard InChI is InChI=1S/C19H25ClN2O2.C19H24N2O2.C17H24N2O.C2H2Cl2O.Na.H2O/c20-12-18(23)22-11-10-14-6-4-5-9-16(14)17(22)13-21-19(24)15-7-2-1-3-8-15;22-18-13-20(19(23)15-7-2-1-3-8-15)12-17-16-9-5-4-6-14(16)10-11-21(17)18;20-17(14-7-2-1-3-8-14)19-12-16-15-9-5-4-6-13(15)10-11-18-16;3-1-2(4)5;;/h4-6,9,15,17H,1-3,7-8,10-13H2,(H,21,24);4-6,9,15,17H,1-3,7-8,10-13H2;4-6,9,14,16,18H,1-3,7-8,10-12H2,(H,19,20);1H2;;1H2/q;;;;+1;/p-1/t2*17-;16-;;;/m000.../s1. The van der Waals surface area contributed by atoms with E-state index in [0.717, 1.165) is 102 Å². The van der Waals surface area contributed by atoms with Gasteiger partial charge in [-0.05, 0) is 109 Å². The van der Waals surface area contributed by atoms with Crippen molar-refractivity contribution in [3.05, 3.63) is 106 Å². The second-order valence-corrected chi connectivity index (χ2v) is 21.4. The quantitative estimate of drug-likeness (QED) is 0.133. The average molecular weight is 1090 g/mol. The normalized spacial score (nSPS) is 21.4. The molecule has 5 amide bonds. The molecule has 10 rings (SSSR count). The Bertz CT molecular complexity index is 2310. The van der Waals surface area contributed by atoms with Crippen molar-refractivity contribution < 1.29 is 63.8 Å². The maximum absolute atomic E-state index is 12.8. The van der Waals surface area contributed by atoms with Gasteiger partial charge in [0, 0.05) is 56.5 Å². The summed E-state index contributed by atoms with van der Waals surface area (Å²) in [5, 5.41) is 9.27. The molecule has 3 atom stereocenters. The molecule has 0 aromatic heterocycles. The number of fused-ring (bicyclic) bond motifs is 5. The predicted octanol–water partition coefficient (Wildman–Crippen LogP) is 5.97. The van der Waals surface area contributed by atoms with E-state index in [1.165, 1.54) is 59.9 Å². The summed E-state index contributed by atoms with van der Waals surface area (Å²) in [4.78, 5) is 77.4. The van der Waals surface area contributed by atoms with Crippen LogP contribution in [0.2, 0.25) is 0 Å². The zero-order valence-corrected chi connectivity index (χ0v) is 47.6. The minimum Gasteiger partial charge on any atom is -0.870 e. The fourth-order valence-electron chi connectivity index (χ4n) is 11.9. The van der Waals surface area contributed by atoms with E-state index in [1.54, 1.807) is 0 Å². The number of benzene rings is 3. The van der Waals surface area contributed by atoms with Crippen LogP contribution in [0.15, 0.2) is 72.8 Å². The minimum atomic E-state index is -0.508. The summed E-state index contributed by atoms with van der Waals surface area (Å²) in [6.45, 7) is 4.56. The maximum atomic E-state index is 12.8. The summed E-state index contributed by atoms with van der Waals surface area (Å²) < 4.78 is 0. The first-order valence-electron chi connectivity index (χ1n) is 26.8. The Hall–Kier alpha value is -3.53. The average Bonchev–Trinajstić information content (AvgIpc) is 3.44. The smallest absolute Gasteiger partial charge is 0.870 e. The fourth-order valence-corrected chi connectivity index (χ4v) is 12.0. The van der Waals surface area contributed by atoms with E-state index in [0.29, 0.717) is 26.2 Å². The molecule has 3 aromatic rings. The molecule has 1 saturated heterocycles. The summed E-state index contributed by atoms with van der Waals surface area (Å²) in [5.41, 5.74) is 7.71. The molecule has 4 heterocycles. The number of halogens is 3. The maximum Gasteiger partial charge on any atom is 1.00 e. The molecule has 13 nitrogen and oxygen atoms in total. The summed E-state index contributed by atoms with van der Waals surface area (Å²) in [7, 11) is 0. The Morgan fingerprint density at radius 1 is 0.595 bits per heavy atom. The molecule has 4 N–H and O–H groups in total. The third kappa shape index (κ3) is 17.0. The Kier molecular flexibility index (Phi) is 26.2. The van der Waals surface area contributed by atoms with Gasteiger partial charge in [0.15, 0.2) is 0 Å². The van der Waals surface area contributed by atoms with Crippen molar-refractivity contribution in [2.24, 2.45) is 17.8 Å². The van der Waals surface area contributed by atoms with Gasteiger partial charge in [0.25, 0.3) is 0 Å². The number of alkyl halides is 2.